The molecule has 6 heteroatoms. The number of carbonyl (C=O) groups excluding carboxylic acids is 2. The molecule has 1 aliphatic heterocycles. The van der Waals surface area contributed by atoms with Crippen molar-refractivity contribution in [1.29, 1.82) is 0 Å². The second kappa shape index (κ2) is 9.26. The normalized spacial score (nSPS) is 15.9. The van der Waals surface area contributed by atoms with E-state index in [0.717, 1.165) is 24.8 Å². The van der Waals surface area contributed by atoms with Crippen LogP contribution in [-0.2, 0) is 0 Å². The molecule has 3 amide bonds. The van der Waals surface area contributed by atoms with Crippen molar-refractivity contribution >= 4 is 11.9 Å². The van der Waals surface area contributed by atoms with Gasteiger partial charge in [-0.05, 0) is 30.5 Å². The third-order valence-electron chi connectivity index (χ3n) is 4.88. The van der Waals surface area contributed by atoms with E-state index in [2.05, 4.69) is 12.2 Å². The van der Waals surface area contributed by atoms with Crippen molar-refractivity contribution in [1.82, 2.24) is 15.1 Å². The molecule has 1 fully saturated rings. The fourth-order valence-corrected chi connectivity index (χ4v) is 3.42. The van der Waals surface area contributed by atoms with Gasteiger partial charge in [-0.2, -0.15) is 0 Å². The Kier molecular flexibility index (Phi) is 6.52. The van der Waals surface area contributed by atoms with Crippen LogP contribution in [0.2, 0.25) is 0 Å². The topological polar surface area (TPSA) is 65.8 Å². The second-order valence-corrected chi connectivity index (χ2v) is 6.81. The number of nitrogens with one attached hydrogen (secondary N) is 1. The maximum Gasteiger partial charge on any atom is 0.317 e. The van der Waals surface area contributed by atoms with Crippen molar-refractivity contribution in [2.75, 3.05) is 26.2 Å². The molecule has 27 heavy (non-hydrogen) atoms. The highest BCUT2D eigenvalue weighted by Crippen LogP contribution is 2.19. The predicted molar refractivity (Wildman–Crippen MR) is 103 cm³/mol. The first-order valence-electron chi connectivity index (χ1n) is 9.62. The van der Waals surface area contributed by atoms with E-state index in [0.29, 0.717) is 31.9 Å². The highest BCUT2D eigenvalue weighted by Gasteiger charge is 2.25. The van der Waals surface area contributed by atoms with Crippen LogP contribution >= 0.6 is 0 Å². The molecular weight excluding hydrogens is 342 g/mol. The minimum absolute atomic E-state index is 0.00723. The van der Waals surface area contributed by atoms with E-state index >= 15 is 0 Å². The summed E-state index contributed by atoms with van der Waals surface area (Å²) in [6, 6.07) is 13.4. The van der Waals surface area contributed by atoms with E-state index in [4.69, 9.17) is 4.42 Å². The molecule has 1 saturated heterocycles. The lowest BCUT2D eigenvalue weighted by molar-refractivity contribution is 0.0730. The number of amides is 3. The molecule has 6 nitrogen and oxygen atoms in total. The predicted octanol–water partition coefficient (Wildman–Crippen LogP) is 3.68. The van der Waals surface area contributed by atoms with Gasteiger partial charge in [-0.1, -0.05) is 43.7 Å². The maximum atomic E-state index is 12.8. The zero-order chi connectivity index (χ0) is 19.1. The Morgan fingerprint density at radius 2 is 1.78 bits per heavy atom. The first-order valence-corrected chi connectivity index (χ1v) is 9.62. The maximum absolute atomic E-state index is 12.8. The number of rotatable bonds is 5. The second-order valence-electron chi connectivity index (χ2n) is 6.81. The molecule has 0 spiro atoms. The van der Waals surface area contributed by atoms with Gasteiger partial charge in [-0.25, -0.2) is 4.79 Å². The van der Waals surface area contributed by atoms with Crippen LogP contribution in [0.1, 0.15) is 48.3 Å². The molecule has 0 saturated carbocycles. The molecule has 1 aromatic carbocycles. The molecule has 2 aromatic rings. The SMILES string of the molecule is CCC[C@@H](NC(=O)N1CCCN(C(=O)c2ccco2)CC1)c1ccccc1. The van der Waals surface area contributed by atoms with Crippen LogP contribution in [0.4, 0.5) is 4.79 Å². The van der Waals surface area contributed by atoms with E-state index in [1.807, 2.05) is 30.3 Å². The van der Waals surface area contributed by atoms with Crippen molar-refractivity contribution < 1.29 is 14.0 Å². The summed E-state index contributed by atoms with van der Waals surface area (Å²) in [5.41, 5.74) is 1.12. The Balaban J connectivity index is 1.59. The van der Waals surface area contributed by atoms with E-state index in [1.54, 1.807) is 21.9 Å². The highest BCUT2D eigenvalue weighted by atomic mass is 16.3. The Labute approximate surface area is 160 Å². The molecule has 3 rings (SSSR count). The monoisotopic (exact) mass is 369 g/mol. The fraction of sp³-hybridized carbons (Fsp3) is 0.429. The van der Waals surface area contributed by atoms with Crippen molar-refractivity contribution in [3.05, 3.63) is 60.1 Å². The molecule has 144 valence electrons. The van der Waals surface area contributed by atoms with Crippen LogP contribution in [0.25, 0.3) is 0 Å². The summed E-state index contributed by atoms with van der Waals surface area (Å²) in [5, 5.41) is 3.17. The fourth-order valence-electron chi connectivity index (χ4n) is 3.42. The number of furan rings is 1. The molecule has 1 N–H and O–H groups in total. The van der Waals surface area contributed by atoms with Gasteiger partial charge >= 0.3 is 6.03 Å². The van der Waals surface area contributed by atoms with Crippen molar-refractivity contribution in [2.45, 2.75) is 32.2 Å². The Bertz CT molecular complexity index is 730. The standard InChI is InChI=1S/C21H27N3O3/c1-2-8-18(17-9-4-3-5-10-17)22-21(26)24-13-7-12-23(14-15-24)20(25)19-11-6-16-27-19/h3-6,9-11,16,18H,2,7-8,12-15H2,1H3,(H,22,26)/t18-/m1/s1. The van der Waals surface area contributed by atoms with Gasteiger partial charge in [-0.15, -0.1) is 0 Å². The van der Waals surface area contributed by atoms with Crippen LogP contribution in [0.3, 0.4) is 0 Å². The molecule has 0 unspecified atom stereocenters. The van der Waals surface area contributed by atoms with Gasteiger partial charge in [0.15, 0.2) is 5.76 Å². The van der Waals surface area contributed by atoms with Gasteiger partial charge in [0, 0.05) is 26.2 Å². The molecule has 1 aromatic heterocycles. The van der Waals surface area contributed by atoms with Gasteiger partial charge < -0.3 is 19.5 Å². The summed E-state index contributed by atoms with van der Waals surface area (Å²) in [6.07, 6.45) is 4.14. The van der Waals surface area contributed by atoms with Crippen LogP contribution in [0.5, 0.6) is 0 Å². The van der Waals surface area contributed by atoms with Gasteiger partial charge in [0.1, 0.15) is 0 Å². The summed E-state index contributed by atoms with van der Waals surface area (Å²) in [5.74, 6) is 0.232. The lowest BCUT2D eigenvalue weighted by atomic mass is 10.0. The molecular formula is C21H27N3O3. The minimum Gasteiger partial charge on any atom is -0.459 e. The summed E-state index contributed by atoms with van der Waals surface area (Å²) in [7, 11) is 0. The highest BCUT2D eigenvalue weighted by molar-refractivity contribution is 5.91. The van der Waals surface area contributed by atoms with Gasteiger partial charge in [0.2, 0.25) is 0 Å². The van der Waals surface area contributed by atoms with Gasteiger partial charge in [0.25, 0.3) is 5.91 Å². The van der Waals surface area contributed by atoms with E-state index in [1.165, 1.54) is 6.26 Å². The van der Waals surface area contributed by atoms with Crippen molar-refractivity contribution in [3.8, 4) is 0 Å². The molecule has 2 heterocycles. The number of benzene rings is 1. The molecule has 0 radical (unpaired) electrons. The van der Waals surface area contributed by atoms with Gasteiger partial charge in [0.05, 0.1) is 12.3 Å². The zero-order valence-electron chi connectivity index (χ0n) is 15.8. The third-order valence-corrected chi connectivity index (χ3v) is 4.88. The summed E-state index contributed by atoms with van der Waals surface area (Å²) in [6.45, 7) is 4.41. The van der Waals surface area contributed by atoms with E-state index < -0.39 is 0 Å². The Morgan fingerprint density at radius 3 is 2.48 bits per heavy atom. The Morgan fingerprint density at radius 1 is 1.04 bits per heavy atom. The average Bonchev–Trinajstić information content (AvgIpc) is 3.12. The summed E-state index contributed by atoms with van der Waals surface area (Å²) < 4.78 is 5.21. The molecule has 1 aliphatic rings. The number of hydrogen-bond acceptors (Lipinski definition) is 3. The molecule has 0 aliphatic carbocycles. The summed E-state index contributed by atoms with van der Waals surface area (Å²) >= 11 is 0. The van der Waals surface area contributed by atoms with Crippen LogP contribution in [-0.4, -0.2) is 47.9 Å². The van der Waals surface area contributed by atoms with E-state index in [-0.39, 0.29) is 18.0 Å². The number of nitrogens with zero attached hydrogens (tertiary/aromatic N) is 2. The number of carbonyl (C=O) groups is 2. The smallest absolute Gasteiger partial charge is 0.317 e. The minimum atomic E-state index is -0.115. The van der Waals surface area contributed by atoms with Crippen LogP contribution in [0.15, 0.2) is 53.1 Å². The number of urea groups is 1. The lowest BCUT2D eigenvalue weighted by Crippen LogP contribution is -2.43. The quantitative estimate of drug-likeness (QED) is 0.874. The van der Waals surface area contributed by atoms with Crippen molar-refractivity contribution in [3.63, 3.8) is 0 Å². The largest absolute Gasteiger partial charge is 0.459 e. The van der Waals surface area contributed by atoms with Crippen LogP contribution < -0.4 is 5.32 Å². The number of hydrogen-bond donors (Lipinski definition) is 1. The molecule has 1 atom stereocenters. The molecule has 0 bridgehead atoms. The van der Waals surface area contributed by atoms with Gasteiger partial charge in [-0.3, -0.25) is 4.79 Å². The lowest BCUT2D eigenvalue weighted by Gasteiger charge is -2.26. The van der Waals surface area contributed by atoms with Crippen molar-refractivity contribution in [2.24, 2.45) is 0 Å². The van der Waals surface area contributed by atoms with E-state index in [9.17, 15) is 9.59 Å². The third kappa shape index (κ3) is 4.90. The Hall–Kier alpha value is -2.76. The van der Waals surface area contributed by atoms with Crippen LogP contribution in [0, 0.1) is 0 Å². The zero-order valence-corrected chi connectivity index (χ0v) is 15.8. The average molecular weight is 369 g/mol. The first kappa shape index (κ1) is 19.0. The first-order chi connectivity index (χ1) is 13.2. The summed E-state index contributed by atoms with van der Waals surface area (Å²) in [4.78, 5) is 28.8.